The Balaban J connectivity index is 2.31. The minimum Gasteiger partial charge on any atom is -0.398 e. The average Bonchev–Trinajstić information content (AvgIpc) is 2.39. The molecule has 0 saturated heterocycles. The van der Waals surface area contributed by atoms with Crippen LogP contribution in [0.4, 0.5) is 20.2 Å². The molecule has 5 heteroatoms. The monoisotopic (exact) mass is 276 g/mol. The summed E-state index contributed by atoms with van der Waals surface area (Å²) < 4.78 is 26.7. The van der Waals surface area contributed by atoms with Gasteiger partial charge in [0.15, 0.2) is 0 Å². The maximum atomic E-state index is 13.6. The van der Waals surface area contributed by atoms with Crippen LogP contribution in [0.25, 0.3) is 0 Å². The van der Waals surface area contributed by atoms with E-state index in [-0.39, 0.29) is 11.3 Å². The maximum Gasteiger partial charge on any atom is 0.255 e. The summed E-state index contributed by atoms with van der Waals surface area (Å²) in [7, 11) is 0. The number of anilines is 2. The van der Waals surface area contributed by atoms with Gasteiger partial charge in [0.05, 0.1) is 0 Å². The number of nitrogens with one attached hydrogen (secondary N) is 1. The van der Waals surface area contributed by atoms with Crippen LogP contribution in [0.1, 0.15) is 21.5 Å². The molecule has 1 amide bonds. The maximum absolute atomic E-state index is 13.6. The van der Waals surface area contributed by atoms with E-state index in [1.807, 2.05) is 0 Å². The molecule has 0 heterocycles. The van der Waals surface area contributed by atoms with Crippen molar-refractivity contribution in [2.45, 2.75) is 13.8 Å². The number of halogens is 2. The van der Waals surface area contributed by atoms with Crippen LogP contribution in [-0.4, -0.2) is 5.91 Å². The molecule has 0 radical (unpaired) electrons. The van der Waals surface area contributed by atoms with Gasteiger partial charge < -0.3 is 11.1 Å². The fourth-order valence-corrected chi connectivity index (χ4v) is 1.75. The van der Waals surface area contributed by atoms with E-state index in [0.29, 0.717) is 16.8 Å². The number of nitrogen functional groups attached to an aromatic ring is 1. The summed E-state index contributed by atoms with van der Waals surface area (Å²) in [6, 6.07) is 6.56. The standard InChI is InChI=1S/C15H14F2N2O/c1-8-3-4-11(16)7-14(8)19-15(20)10-5-12(17)9(2)13(18)6-10/h3-7H,18H2,1-2H3,(H,19,20). The second-order valence-corrected chi connectivity index (χ2v) is 4.59. The molecule has 0 atom stereocenters. The lowest BCUT2D eigenvalue weighted by Crippen LogP contribution is -2.14. The number of hydrogen-bond donors (Lipinski definition) is 2. The predicted molar refractivity (Wildman–Crippen MR) is 74.6 cm³/mol. The second kappa shape index (κ2) is 5.28. The third-order valence-corrected chi connectivity index (χ3v) is 3.09. The van der Waals surface area contributed by atoms with Crippen molar-refractivity contribution in [1.29, 1.82) is 0 Å². The Morgan fingerprint density at radius 3 is 2.50 bits per heavy atom. The van der Waals surface area contributed by atoms with E-state index >= 15 is 0 Å². The highest BCUT2D eigenvalue weighted by atomic mass is 19.1. The van der Waals surface area contributed by atoms with Gasteiger partial charge in [-0.2, -0.15) is 0 Å². The smallest absolute Gasteiger partial charge is 0.255 e. The predicted octanol–water partition coefficient (Wildman–Crippen LogP) is 3.42. The molecule has 104 valence electrons. The number of aryl methyl sites for hydroxylation is 1. The van der Waals surface area contributed by atoms with Crippen molar-refractivity contribution in [2.75, 3.05) is 11.1 Å². The van der Waals surface area contributed by atoms with E-state index in [1.54, 1.807) is 13.0 Å². The zero-order valence-electron chi connectivity index (χ0n) is 11.1. The Morgan fingerprint density at radius 1 is 1.15 bits per heavy atom. The Labute approximate surface area is 115 Å². The first-order chi connectivity index (χ1) is 9.38. The average molecular weight is 276 g/mol. The number of hydrogen-bond acceptors (Lipinski definition) is 2. The van der Waals surface area contributed by atoms with Crippen LogP contribution in [0.2, 0.25) is 0 Å². The lowest BCUT2D eigenvalue weighted by Gasteiger charge is -2.10. The van der Waals surface area contributed by atoms with Crippen LogP contribution in [0, 0.1) is 25.5 Å². The molecular formula is C15H14F2N2O. The Kier molecular flexibility index (Phi) is 3.70. The van der Waals surface area contributed by atoms with Crippen LogP contribution in [0.15, 0.2) is 30.3 Å². The van der Waals surface area contributed by atoms with E-state index in [1.165, 1.54) is 25.1 Å². The molecule has 2 aromatic carbocycles. The van der Waals surface area contributed by atoms with Crippen LogP contribution in [0.3, 0.4) is 0 Å². The molecule has 0 unspecified atom stereocenters. The lowest BCUT2D eigenvalue weighted by atomic mass is 10.1. The third kappa shape index (κ3) is 2.77. The highest BCUT2D eigenvalue weighted by Crippen LogP contribution is 2.20. The number of rotatable bonds is 2. The largest absolute Gasteiger partial charge is 0.398 e. The molecule has 20 heavy (non-hydrogen) atoms. The Hall–Kier alpha value is -2.43. The van der Waals surface area contributed by atoms with Gasteiger partial charge >= 0.3 is 0 Å². The Bertz CT molecular complexity index is 661. The van der Waals surface area contributed by atoms with Crippen molar-refractivity contribution in [3.63, 3.8) is 0 Å². The number of carbonyl (C=O) groups is 1. The van der Waals surface area contributed by atoms with E-state index in [2.05, 4.69) is 5.32 Å². The minimum atomic E-state index is -0.550. The topological polar surface area (TPSA) is 55.1 Å². The van der Waals surface area contributed by atoms with Gasteiger partial charge in [0.25, 0.3) is 5.91 Å². The minimum absolute atomic E-state index is 0.0919. The molecule has 0 spiro atoms. The molecule has 3 nitrogen and oxygen atoms in total. The summed E-state index contributed by atoms with van der Waals surface area (Å²) in [5.74, 6) is -1.55. The summed E-state index contributed by atoms with van der Waals surface area (Å²) in [5.41, 5.74) is 7.26. The summed E-state index contributed by atoms with van der Waals surface area (Å²) in [6.07, 6.45) is 0. The van der Waals surface area contributed by atoms with Crippen molar-refractivity contribution in [1.82, 2.24) is 0 Å². The molecule has 3 N–H and O–H groups in total. The van der Waals surface area contributed by atoms with Gasteiger partial charge in [-0.05, 0) is 43.7 Å². The molecule has 0 aliphatic carbocycles. The van der Waals surface area contributed by atoms with E-state index in [9.17, 15) is 13.6 Å². The Morgan fingerprint density at radius 2 is 1.85 bits per heavy atom. The second-order valence-electron chi connectivity index (χ2n) is 4.59. The highest BCUT2D eigenvalue weighted by molar-refractivity contribution is 6.05. The van der Waals surface area contributed by atoms with E-state index < -0.39 is 17.5 Å². The van der Waals surface area contributed by atoms with Crippen LogP contribution in [-0.2, 0) is 0 Å². The zero-order valence-corrected chi connectivity index (χ0v) is 11.1. The van der Waals surface area contributed by atoms with Crippen molar-refractivity contribution in [3.8, 4) is 0 Å². The summed E-state index contributed by atoms with van der Waals surface area (Å²) in [6.45, 7) is 3.27. The lowest BCUT2D eigenvalue weighted by molar-refractivity contribution is 0.102. The normalized spacial score (nSPS) is 10.4. The number of nitrogens with two attached hydrogens (primary N) is 1. The van der Waals surface area contributed by atoms with Gasteiger partial charge in [-0.3, -0.25) is 4.79 Å². The van der Waals surface area contributed by atoms with Gasteiger partial charge in [0, 0.05) is 22.5 Å². The molecular weight excluding hydrogens is 262 g/mol. The van der Waals surface area contributed by atoms with Crippen LogP contribution in [0.5, 0.6) is 0 Å². The summed E-state index contributed by atoms with van der Waals surface area (Å²) in [4.78, 5) is 12.0. The van der Waals surface area contributed by atoms with Crippen molar-refractivity contribution >= 4 is 17.3 Å². The molecule has 0 aliphatic rings. The molecule has 0 aromatic heterocycles. The first kappa shape index (κ1) is 14.0. The first-order valence-electron chi connectivity index (χ1n) is 6.01. The number of carbonyl (C=O) groups excluding carboxylic acids is 1. The summed E-state index contributed by atoms with van der Waals surface area (Å²) >= 11 is 0. The molecule has 0 fully saturated rings. The molecule has 2 aromatic rings. The summed E-state index contributed by atoms with van der Waals surface area (Å²) in [5, 5.41) is 2.54. The van der Waals surface area contributed by atoms with Crippen molar-refractivity contribution in [2.24, 2.45) is 0 Å². The van der Waals surface area contributed by atoms with Crippen LogP contribution < -0.4 is 11.1 Å². The molecule has 2 rings (SSSR count). The van der Waals surface area contributed by atoms with Gasteiger partial charge in [0.2, 0.25) is 0 Å². The fourth-order valence-electron chi connectivity index (χ4n) is 1.75. The zero-order chi connectivity index (χ0) is 14.9. The van der Waals surface area contributed by atoms with Crippen LogP contribution >= 0.6 is 0 Å². The molecule has 0 saturated carbocycles. The fraction of sp³-hybridized carbons (Fsp3) is 0.133. The highest BCUT2D eigenvalue weighted by Gasteiger charge is 2.12. The number of amides is 1. The van der Waals surface area contributed by atoms with Gasteiger partial charge in [0.1, 0.15) is 11.6 Å². The quantitative estimate of drug-likeness (QED) is 0.826. The van der Waals surface area contributed by atoms with Crippen molar-refractivity contribution < 1.29 is 13.6 Å². The third-order valence-electron chi connectivity index (χ3n) is 3.09. The van der Waals surface area contributed by atoms with Gasteiger partial charge in [-0.1, -0.05) is 6.07 Å². The molecule has 0 aliphatic heterocycles. The van der Waals surface area contributed by atoms with E-state index in [4.69, 9.17) is 5.73 Å². The number of benzene rings is 2. The molecule has 0 bridgehead atoms. The van der Waals surface area contributed by atoms with E-state index in [0.717, 1.165) is 6.07 Å². The first-order valence-corrected chi connectivity index (χ1v) is 6.01. The van der Waals surface area contributed by atoms with Gasteiger partial charge in [-0.15, -0.1) is 0 Å². The SMILES string of the molecule is Cc1ccc(F)cc1NC(=O)c1cc(N)c(C)c(F)c1. The van der Waals surface area contributed by atoms with Crippen molar-refractivity contribution in [3.05, 3.63) is 58.7 Å². The van der Waals surface area contributed by atoms with Gasteiger partial charge in [-0.25, -0.2) is 8.78 Å².